The smallest absolute Gasteiger partial charge is 0.170 e. The molecule has 3 nitrogen and oxygen atoms in total. The van der Waals surface area contributed by atoms with E-state index in [0.717, 1.165) is 16.3 Å². The average Bonchev–Trinajstić information content (AvgIpc) is 2.46. The largest absolute Gasteiger partial charge is 0.305 e. The van der Waals surface area contributed by atoms with E-state index in [1.54, 1.807) is 10.7 Å². The maximum atomic E-state index is 10.5. The molecule has 0 fully saturated rings. The highest BCUT2D eigenvalue weighted by Crippen LogP contribution is 2.14. The van der Waals surface area contributed by atoms with Crippen LogP contribution in [0.4, 0.5) is 0 Å². The Morgan fingerprint density at radius 3 is 3.17 bits per heavy atom. The van der Waals surface area contributed by atoms with Crippen LogP contribution in [0.15, 0.2) is 29.1 Å². The molecule has 0 saturated carbocycles. The Morgan fingerprint density at radius 2 is 2.42 bits per heavy atom. The molecule has 0 saturated heterocycles. The first-order valence-electron chi connectivity index (χ1n) is 3.38. The number of hydrogen-bond acceptors (Lipinski definition) is 2. The Bertz CT molecular complexity index is 436. The van der Waals surface area contributed by atoms with Crippen molar-refractivity contribution in [2.45, 2.75) is 0 Å². The van der Waals surface area contributed by atoms with Gasteiger partial charge in [-0.1, -0.05) is 15.9 Å². The van der Waals surface area contributed by atoms with E-state index in [-0.39, 0.29) is 0 Å². The molecule has 0 radical (unpaired) electrons. The molecule has 12 heavy (non-hydrogen) atoms. The first-order chi connectivity index (χ1) is 5.81. The van der Waals surface area contributed by atoms with Gasteiger partial charge in [-0.3, -0.25) is 4.79 Å². The maximum Gasteiger partial charge on any atom is 0.170 e. The second-order valence-corrected chi connectivity index (χ2v) is 3.30. The number of imidazole rings is 1. The van der Waals surface area contributed by atoms with Gasteiger partial charge in [0, 0.05) is 10.7 Å². The van der Waals surface area contributed by atoms with Crippen molar-refractivity contribution in [3.05, 3.63) is 34.8 Å². The van der Waals surface area contributed by atoms with E-state index in [1.807, 2.05) is 18.3 Å². The molecule has 0 spiro atoms. The number of fused-ring (bicyclic) bond motifs is 1. The first-order valence-corrected chi connectivity index (χ1v) is 4.18. The molecule has 0 N–H and O–H groups in total. The van der Waals surface area contributed by atoms with Crippen molar-refractivity contribution < 1.29 is 4.79 Å². The second kappa shape index (κ2) is 2.71. The summed E-state index contributed by atoms with van der Waals surface area (Å²) in [5, 5.41) is 0. The molecule has 0 amide bonds. The summed E-state index contributed by atoms with van der Waals surface area (Å²) in [5.41, 5.74) is 1.29. The fraction of sp³-hybridized carbons (Fsp3) is 0. The molecule has 0 aliphatic heterocycles. The Hall–Kier alpha value is -1.16. The number of aldehydes is 1. The van der Waals surface area contributed by atoms with Crippen molar-refractivity contribution in [3.63, 3.8) is 0 Å². The highest BCUT2D eigenvalue weighted by atomic mass is 79.9. The summed E-state index contributed by atoms with van der Waals surface area (Å²) in [6.45, 7) is 0. The zero-order chi connectivity index (χ0) is 8.55. The molecule has 2 heterocycles. The average molecular weight is 225 g/mol. The number of nitrogens with zero attached hydrogens (tertiary/aromatic N) is 2. The lowest BCUT2D eigenvalue weighted by Gasteiger charge is -1.93. The molecule has 0 aliphatic carbocycles. The van der Waals surface area contributed by atoms with E-state index in [4.69, 9.17) is 0 Å². The van der Waals surface area contributed by atoms with Gasteiger partial charge in [0.05, 0.1) is 5.52 Å². The van der Waals surface area contributed by atoms with Crippen LogP contribution in [0.3, 0.4) is 0 Å². The molecule has 0 aromatic carbocycles. The van der Waals surface area contributed by atoms with Crippen LogP contribution < -0.4 is 0 Å². The summed E-state index contributed by atoms with van der Waals surface area (Å²) in [6, 6.07) is 3.75. The monoisotopic (exact) mass is 224 g/mol. The fourth-order valence-corrected chi connectivity index (χ4v) is 1.41. The van der Waals surface area contributed by atoms with Gasteiger partial charge in [-0.05, 0) is 12.1 Å². The van der Waals surface area contributed by atoms with Gasteiger partial charge in [0.2, 0.25) is 0 Å². The number of halogens is 1. The lowest BCUT2D eigenvalue weighted by molar-refractivity contribution is 0.112. The number of aromatic nitrogens is 2. The summed E-state index contributed by atoms with van der Waals surface area (Å²) >= 11 is 3.32. The summed E-state index contributed by atoms with van der Waals surface area (Å²) in [7, 11) is 0. The summed E-state index contributed by atoms with van der Waals surface area (Å²) in [4.78, 5) is 14.4. The standard InChI is InChI=1S/C8H5BrN2O/c9-6-1-2-11-5-10-7(4-12)8(11)3-6/h1-5H. The third-order valence-corrected chi connectivity index (χ3v) is 2.14. The van der Waals surface area contributed by atoms with E-state index in [2.05, 4.69) is 20.9 Å². The summed E-state index contributed by atoms with van der Waals surface area (Å²) < 4.78 is 2.74. The van der Waals surface area contributed by atoms with Crippen LogP contribution in [-0.4, -0.2) is 15.7 Å². The van der Waals surface area contributed by atoms with Crippen LogP contribution >= 0.6 is 15.9 Å². The molecule has 0 bridgehead atoms. The van der Waals surface area contributed by atoms with Crippen LogP contribution in [-0.2, 0) is 0 Å². The van der Waals surface area contributed by atoms with Gasteiger partial charge in [-0.15, -0.1) is 0 Å². The van der Waals surface area contributed by atoms with E-state index in [1.165, 1.54) is 0 Å². The third kappa shape index (κ3) is 1.04. The number of carbonyl (C=O) groups excluding carboxylic acids is 1. The first kappa shape index (κ1) is 7.49. The van der Waals surface area contributed by atoms with E-state index < -0.39 is 0 Å². The van der Waals surface area contributed by atoms with Crippen molar-refractivity contribution in [2.24, 2.45) is 0 Å². The maximum absolute atomic E-state index is 10.5. The van der Waals surface area contributed by atoms with Crippen molar-refractivity contribution >= 4 is 27.7 Å². The van der Waals surface area contributed by atoms with Crippen molar-refractivity contribution in [1.82, 2.24) is 9.38 Å². The Balaban J connectivity index is 2.83. The Kier molecular flexibility index (Phi) is 1.69. The van der Waals surface area contributed by atoms with Crippen molar-refractivity contribution in [2.75, 3.05) is 0 Å². The zero-order valence-corrected chi connectivity index (χ0v) is 7.65. The van der Waals surface area contributed by atoms with Gasteiger partial charge >= 0.3 is 0 Å². The van der Waals surface area contributed by atoms with E-state index >= 15 is 0 Å². The van der Waals surface area contributed by atoms with Gasteiger partial charge in [0.15, 0.2) is 6.29 Å². The van der Waals surface area contributed by atoms with Crippen LogP contribution in [0.5, 0.6) is 0 Å². The van der Waals surface area contributed by atoms with Gasteiger partial charge in [0.25, 0.3) is 0 Å². The summed E-state index contributed by atoms with van der Waals surface area (Å²) in [6.07, 6.45) is 4.21. The highest BCUT2D eigenvalue weighted by Gasteiger charge is 2.01. The second-order valence-electron chi connectivity index (χ2n) is 2.39. The minimum atomic E-state index is 0.469. The molecular formula is C8H5BrN2O. The number of rotatable bonds is 1. The molecule has 4 heteroatoms. The number of hydrogen-bond donors (Lipinski definition) is 0. The zero-order valence-electron chi connectivity index (χ0n) is 6.07. The Morgan fingerprint density at radius 1 is 1.58 bits per heavy atom. The van der Waals surface area contributed by atoms with Gasteiger partial charge in [-0.25, -0.2) is 4.98 Å². The fourth-order valence-electron chi connectivity index (χ4n) is 1.07. The molecule has 0 unspecified atom stereocenters. The molecule has 60 valence electrons. The number of pyridine rings is 1. The predicted octanol–water partition coefficient (Wildman–Crippen LogP) is 1.91. The molecule has 2 aromatic heterocycles. The van der Waals surface area contributed by atoms with Crippen LogP contribution in [0.2, 0.25) is 0 Å². The normalized spacial score (nSPS) is 10.4. The van der Waals surface area contributed by atoms with Gasteiger partial charge < -0.3 is 4.40 Å². The van der Waals surface area contributed by atoms with Crippen LogP contribution in [0.25, 0.3) is 5.52 Å². The third-order valence-electron chi connectivity index (χ3n) is 1.64. The molecule has 2 aromatic rings. The molecule has 0 aliphatic rings. The minimum Gasteiger partial charge on any atom is -0.305 e. The SMILES string of the molecule is O=Cc1ncn2ccc(Br)cc12. The Labute approximate surface area is 77.2 Å². The minimum absolute atomic E-state index is 0.469. The molecular weight excluding hydrogens is 220 g/mol. The molecule has 0 atom stereocenters. The van der Waals surface area contributed by atoms with Gasteiger partial charge in [-0.2, -0.15) is 0 Å². The lowest BCUT2D eigenvalue weighted by Crippen LogP contribution is -1.83. The topological polar surface area (TPSA) is 34.4 Å². The van der Waals surface area contributed by atoms with Crippen molar-refractivity contribution in [3.8, 4) is 0 Å². The van der Waals surface area contributed by atoms with Crippen LogP contribution in [0, 0.1) is 0 Å². The van der Waals surface area contributed by atoms with Gasteiger partial charge in [0.1, 0.15) is 12.0 Å². The lowest BCUT2D eigenvalue weighted by atomic mass is 10.3. The van der Waals surface area contributed by atoms with E-state index in [9.17, 15) is 4.79 Å². The summed E-state index contributed by atoms with van der Waals surface area (Å²) in [5.74, 6) is 0. The van der Waals surface area contributed by atoms with E-state index in [0.29, 0.717) is 5.69 Å². The molecule has 2 rings (SSSR count). The van der Waals surface area contributed by atoms with Crippen molar-refractivity contribution in [1.29, 1.82) is 0 Å². The number of carbonyl (C=O) groups is 1. The quantitative estimate of drug-likeness (QED) is 0.694. The predicted molar refractivity (Wildman–Crippen MR) is 48.3 cm³/mol. The highest BCUT2D eigenvalue weighted by molar-refractivity contribution is 9.10. The van der Waals surface area contributed by atoms with Crippen LogP contribution in [0.1, 0.15) is 10.5 Å².